The molecule has 1 aliphatic heterocycles. The van der Waals surface area contributed by atoms with Crippen LogP contribution in [0.4, 0.5) is 0 Å². The highest BCUT2D eigenvalue weighted by atomic mass is 16.5. The van der Waals surface area contributed by atoms with E-state index in [1.165, 1.54) is 5.56 Å². The van der Waals surface area contributed by atoms with Crippen LogP contribution in [0.5, 0.6) is 23.0 Å². The minimum absolute atomic E-state index is 0.0264. The van der Waals surface area contributed by atoms with Gasteiger partial charge in [-0.15, -0.1) is 0 Å². The van der Waals surface area contributed by atoms with Crippen molar-refractivity contribution in [3.8, 4) is 23.0 Å². The van der Waals surface area contributed by atoms with Gasteiger partial charge in [-0.3, -0.25) is 0 Å². The molecular weight excluding hydrogens is 332 g/mol. The third-order valence-corrected chi connectivity index (χ3v) is 5.90. The Labute approximate surface area is 153 Å². The van der Waals surface area contributed by atoms with Crippen LogP contribution < -0.4 is 9.47 Å². The zero-order valence-corrected chi connectivity index (χ0v) is 15.0. The summed E-state index contributed by atoms with van der Waals surface area (Å²) in [7, 11) is 3.13. The first-order valence-corrected chi connectivity index (χ1v) is 8.97. The van der Waals surface area contributed by atoms with E-state index in [0.717, 1.165) is 18.4 Å². The standard InChI is InChI=1S/C21H24O5/c1-24-19-9-12(3-7-17(19)22)14-5-6-15-16(14)11-26-21(15)13-4-8-18(23)20(10-13)25-2/h3-4,7-10,14-16,21-23H,5-6,11H2,1-2H3/t14-,15+,16-,21-/m1/s1. The van der Waals surface area contributed by atoms with Gasteiger partial charge in [0.2, 0.25) is 0 Å². The maximum atomic E-state index is 9.85. The van der Waals surface area contributed by atoms with Gasteiger partial charge in [0.1, 0.15) is 0 Å². The summed E-state index contributed by atoms with van der Waals surface area (Å²) in [6, 6.07) is 11.1. The number of rotatable bonds is 4. The topological polar surface area (TPSA) is 68.2 Å². The first kappa shape index (κ1) is 17.0. The van der Waals surface area contributed by atoms with Crippen LogP contribution in [0.15, 0.2) is 36.4 Å². The molecule has 2 aromatic rings. The highest BCUT2D eigenvalue weighted by Crippen LogP contribution is 2.55. The zero-order chi connectivity index (χ0) is 18.3. The predicted molar refractivity (Wildman–Crippen MR) is 97.0 cm³/mol. The Bertz CT molecular complexity index is 735. The Morgan fingerprint density at radius 2 is 1.46 bits per heavy atom. The molecule has 2 aliphatic rings. The van der Waals surface area contributed by atoms with E-state index in [9.17, 15) is 10.2 Å². The van der Waals surface area contributed by atoms with Gasteiger partial charge in [0.25, 0.3) is 0 Å². The second kappa shape index (κ2) is 6.72. The first-order valence-electron chi connectivity index (χ1n) is 8.97. The van der Waals surface area contributed by atoms with Crippen molar-refractivity contribution in [3.63, 3.8) is 0 Å². The smallest absolute Gasteiger partial charge is 0.160 e. The van der Waals surface area contributed by atoms with Crippen molar-refractivity contribution in [3.05, 3.63) is 47.5 Å². The second-order valence-electron chi connectivity index (χ2n) is 7.13. The lowest BCUT2D eigenvalue weighted by Crippen LogP contribution is -2.13. The molecule has 1 saturated carbocycles. The number of ether oxygens (including phenoxy) is 3. The van der Waals surface area contributed by atoms with E-state index in [0.29, 0.717) is 35.9 Å². The van der Waals surface area contributed by atoms with Crippen molar-refractivity contribution in [2.75, 3.05) is 20.8 Å². The van der Waals surface area contributed by atoms with Crippen molar-refractivity contribution < 1.29 is 24.4 Å². The molecule has 2 fully saturated rings. The molecule has 2 aromatic carbocycles. The molecule has 0 aromatic heterocycles. The molecule has 4 atom stereocenters. The molecule has 138 valence electrons. The molecule has 5 nitrogen and oxygen atoms in total. The number of hydrogen-bond donors (Lipinski definition) is 2. The number of fused-ring (bicyclic) bond motifs is 1. The van der Waals surface area contributed by atoms with Crippen molar-refractivity contribution in [2.24, 2.45) is 11.8 Å². The van der Waals surface area contributed by atoms with Gasteiger partial charge in [0.05, 0.1) is 26.9 Å². The molecule has 0 bridgehead atoms. The lowest BCUT2D eigenvalue weighted by atomic mass is 9.83. The van der Waals surface area contributed by atoms with E-state index in [4.69, 9.17) is 14.2 Å². The molecule has 1 aliphatic carbocycles. The summed E-state index contributed by atoms with van der Waals surface area (Å²) in [6.45, 7) is 0.715. The molecule has 26 heavy (non-hydrogen) atoms. The third-order valence-electron chi connectivity index (χ3n) is 5.90. The van der Waals surface area contributed by atoms with Crippen LogP contribution in [-0.2, 0) is 4.74 Å². The van der Waals surface area contributed by atoms with Crippen LogP contribution in [0.1, 0.15) is 36.0 Å². The molecule has 1 saturated heterocycles. The van der Waals surface area contributed by atoms with Crippen LogP contribution in [0, 0.1) is 11.8 Å². The van der Waals surface area contributed by atoms with E-state index < -0.39 is 0 Å². The van der Waals surface area contributed by atoms with E-state index in [2.05, 4.69) is 0 Å². The van der Waals surface area contributed by atoms with Gasteiger partial charge in [0, 0.05) is 0 Å². The van der Waals surface area contributed by atoms with E-state index in [1.807, 2.05) is 24.3 Å². The summed E-state index contributed by atoms with van der Waals surface area (Å²) in [4.78, 5) is 0. The summed E-state index contributed by atoms with van der Waals surface area (Å²) in [5.74, 6) is 2.59. The van der Waals surface area contributed by atoms with Crippen LogP contribution in [0.3, 0.4) is 0 Å². The summed E-state index contributed by atoms with van der Waals surface area (Å²) in [5, 5.41) is 19.7. The minimum atomic E-state index is 0.0264. The average Bonchev–Trinajstić information content (AvgIpc) is 3.25. The maximum absolute atomic E-state index is 9.85. The summed E-state index contributed by atoms with van der Waals surface area (Å²) >= 11 is 0. The number of hydrogen-bond acceptors (Lipinski definition) is 5. The predicted octanol–water partition coefficient (Wildman–Crippen LogP) is 4.00. The second-order valence-corrected chi connectivity index (χ2v) is 7.13. The lowest BCUT2D eigenvalue weighted by molar-refractivity contribution is 0.0843. The molecule has 0 amide bonds. The minimum Gasteiger partial charge on any atom is -0.504 e. The number of phenolic OH excluding ortho intramolecular Hbond substituents is 2. The van der Waals surface area contributed by atoms with Crippen molar-refractivity contribution in [1.82, 2.24) is 0 Å². The van der Waals surface area contributed by atoms with Gasteiger partial charge in [-0.25, -0.2) is 0 Å². The Morgan fingerprint density at radius 3 is 2.12 bits per heavy atom. The van der Waals surface area contributed by atoms with Crippen molar-refractivity contribution in [1.29, 1.82) is 0 Å². The molecule has 2 N–H and O–H groups in total. The Kier molecular flexibility index (Phi) is 4.41. The fourth-order valence-corrected chi connectivity index (χ4v) is 4.61. The Balaban J connectivity index is 1.58. The molecule has 1 heterocycles. The van der Waals surface area contributed by atoms with E-state index in [1.54, 1.807) is 26.4 Å². The monoisotopic (exact) mass is 356 g/mol. The molecule has 0 unspecified atom stereocenters. The Morgan fingerprint density at radius 1 is 0.846 bits per heavy atom. The van der Waals surface area contributed by atoms with E-state index >= 15 is 0 Å². The fraction of sp³-hybridized carbons (Fsp3) is 0.429. The van der Waals surface area contributed by atoms with Gasteiger partial charge in [0.15, 0.2) is 23.0 Å². The lowest BCUT2D eigenvalue weighted by Gasteiger charge is -2.20. The normalized spacial score (nSPS) is 27.3. The maximum Gasteiger partial charge on any atom is 0.160 e. The molecule has 4 rings (SSSR count). The van der Waals surface area contributed by atoms with Crippen LogP contribution in [-0.4, -0.2) is 31.0 Å². The van der Waals surface area contributed by atoms with Crippen LogP contribution in [0.25, 0.3) is 0 Å². The highest BCUT2D eigenvalue weighted by Gasteiger charge is 2.47. The van der Waals surface area contributed by atoms with Crippen LogP contribution >= 0.6 is 0 Å². The van der Waals surface area contributed by atoms with Crippen LogP contribution in [0.2, 0.25) is 0 Å². The SMILES string of the molecule is COc1cc([C@H]2CC[C@H]3[C@@H]2CO[C@@H]3c2ccc(O)c(OC)c2)ccc1O. The zero-order valence-electron chi connectivity index (χ0n) is 15.0. The molecule has 0 radical (unpaired) electrons. The van der Waals surface area contributed by atoms with E-state index in [-0.39, 0.29) is 17.6 Å². The quantitative estimate of drug-likeness (QED) is 0.867. The number of methoxy groups -OCH3 is 2. The molecule has 5 heteroatoms. The molecular formula is C21H24O5. The highest BCUT2D eigenvalue weighted by molar-refractivity contribution is 5.44. The number of phenols is 2. The summed E-state index contributed by atoms with van der Waals surface area (Å²) in [6.07, 6.45) is 2.21. The summed E-state index contributed by atoms with van der Waals surface area (Å²) in [5.41, 5.74) is 2.25. The Hall–Kier alpha value is -2.40. The van der Waals surface area contributed by atoms with Gasteiger partial charge in [-0.2, -0.15) is 0 Å². The summed E-state index contributed by atoms with van der Waals surface area (Å²) < 4.78 is 16.7. The molecule has 0 spiro atoms. The van der Waals surface area contributed by atoms with Gasteiger partial charge in [-0.1, -0.05) is 12.1 Å². The van der Waals surface area contributed by atoms with Gasteiger partial charge in [-0.05, 0) is 66.0 Å². The first-order chi connectivity index (χ1) is 12.6. The van der Waals surface area contributed by atoms with Crippen molar-refractivity contribution in [2.45, 2.75) is 24.9 Å². The third kappa shape index (κ3) is 2.76. The van der Waals surface area contributed by atoms with Gasteiger partial charge < -0.3 is 24.4 Å². The number of aromatic hydroxyl groups is 2. The number of benzene rings is 2. The average molecular weight is 356 g/mol. The largest absolute Gasteiger partial charge is 0.504 e. The van der Waals surface area contributed by atoms with Crippen molar-refractivity contribution >= 4 is 0 Å². The fourth-order valence-electron chi connectivity index (χ4n) is 4.61. The van der Waals surface area contributed by atoms with Gasteiger partial charge >= 0.3 is 0 Å².